The fraction of sp³-hybridized carbons (Fsp3) is 0.0769. The molecule has 0 aliphatic heterocycles. The standard InChI is InChI=1S/C26H19ClIN3O2/c1-31-14-22(20-11-15(27)3-10-25(20)31)24-13-21(19-12-16(28)4-9-23(19)30-24)26(32)29-17-5-7-18(33-2)8-6-17/h3-14H,1-2H3,(H,29,32). The zero-order chi connectivity index (χ0) is 23.1. The van der Waals surface area contributed by atoms with Gasteiger partial charge in [-0.05, 0) is 89.3 Å². The molecule has 7 heteroatoms. The van der Waals surface area contributed by atoms with E-state index >= 15 is 0 Å². The van der Waals surface area contributed by atoms with Crippen molar-refractivity contribution < 1.29 is 9.53 Å². The van der Waals surface area contributed by atoms with Gasteiger partial charge in [-0.15, -0.1) is 0 Å². The van der Waals surface area contributed by atoms with Crippen LogP contribution in [0.4, 0.5) is 5.69 Å². The SMILES string of the molecule is COc1ccc(NC(=O)c2cc(-c3cn(C)c4ccc(Cl)cc34)nc3ccc(I)cc23)cc1. The topological polar surface area (TPSA) is 56.1 Å². The third-order valence-electron chi connectivity index (χ3n) is 5.59. The van der Waals surface area contributed by atoms with Gasteiger partial charge in [0, 0.05) is 49.4 Å². The molecular formula is C26H19ClIN3O2. The number of rotatable bonds is 4. The highest BCUT2D eigenvalue weighted by Crippen LogP contribution is 2.34. The molecule has 1 N–H and O–H groups in total. The Morgan fingerprint density at radius 3 is 2.58 bits per heavy atom. The van der Waals surface area contributed by atoms with Crippen molar-refractivity contribution in [2.45, 2.75) is 0 Å². The van der Waals surface area contributed by atoms with Crippen LogP contribution in [0, 0.1) is 3.57 Å². The first-order chi connectivity index (χ1) is 15.9. The van der Waals surface area contributed by atoms with Gasteiger partial charge < -0.3 is 14.6 Å². The van der Waals surface area contributed by atoms with E-state index in [0.29, 0.717) is 16.3 Å². The molecule has 3 aromatic carbocycles. The summed E-state index contributed by atoms with van der Waals surface area (Å²) in [6.45, 7) is 0. The van der Waals surface area contributed by atoms with Crippen molar-refractivity contribution in [3.05, 3.63) is 87.1 Å². The Morgan fingerprint density at radius 1 is 1.03 bits per heavy atom. The van der Waals surface area contributed by atoms with Crippen molar-refractivity contribution >= 4 is 67.6 Å². The van der Waals surface area contributed by atoms with Gasteiger partial charge in [0.2, 0.25) is 0 Å². The van der Waals surface area contributed by atoms with Gasteiger partial charge in [-0.3, -0.25) is 4.79 Å². The maximum atomic E-state index is 13.4. The summed E-state index contributed by atoms with van der Waals surface area (Å²) in [6.07, 6.45) is 2.02. The van der Waals surface area contributed by atoms with Gasteiger partial charge in [-0.2, -0.15) is 0 Å². The third-order valence-corrected chi connectivity index (χ3v) is 6.50. The Morgan fingerprint density at radius 2 is 1.82 bits per heavy atom. The first-order valence-electron chi connectivity index (χ1n) is 10.2. The molecule has 5 rings (SSSR count). The number of halogens is 2. The van der Waals surface area contributed by atoms with Gasteiger partial charge in [0.1, 0.15) is 5.75 Å². The molecule has 0 unspecified atom stereocenters. The third kappa shape index (κ3) is 4.16. The summed E-state index contributed by atoms with van der Waals surface area (Å²) in [5, 5.41) is 5.45. The van der Waals surface area contributed by atoms with Gasteiger partial charge in [0.25, 0.3) is 5.91 Å². The summed E-state index contributed by atoms with van der Waals surface area (Å²) in [6, 6.07) is 20.8. The number of ether oxygens (including phenoxy) is 1. The second-order valence-electron chi connectivity index (χ2n) is 7.71. The highest BCUT2D eigenvalue weighted by Gasteiger charge is 2.17. The highest BCUT2D eigenvalue weighted by molar-refractivity contribution is 14.1. The van der Waals surface area contributed by atoms with E-state index in [2.05, 4.69) is 27.9 Å². The molecule has 33 heavy (non-hydrogen) atoms. The Bertz CT molecular complexity index is 1530. The Kier molecular flexibility index (Phi) is 5.72. The zero-order valence-electron chi connectivity index (χ0n) is 17.9. The molecule has 0 spiro atoms. The molecule has 0 saturated heterocycles. The predicted octanol–water partition coefficient (Wildman–Crippen LogP) is 6.91. The van der Waals surface area contributed by atoms with Crippen LogP contribution in [0.1, 0.15) is 10.4 Å². The van der Waals surface area contributed by atoms with E-state index in [1.54, 1.807) is 7.11 Å². The number of hydrogen-bond donors (Lipinski definition) is 1. The van der Waals surface area contributed by atoms with Crippen LogP contribution in [0.3, 0.4) is 0 Å². The quantitative estimate of drug-likeness (QED) is 0.240. The number of hydrogen-bond acceptors (Lipinski definition) is 3. The number of aromatic nitrogens is 2. The van der Waals surface area contributed by atoms with Crippen molar-refractivity contribution in [1.29, 1.82) is 0 Å². The lowest BCUT2D eigenvalue weighted by molar-refractivity contribution is 0.102. The van der Waals surface area contributed by atoms with E-state index in [-0.39, 0.29) is 5.91 Å². The van der Waals surface area contributed by atoms with Crippen LogP contribution in [0.15, 0.2) is 72.9 Å². The molecule has 0 radical (unpaired) electrons. The van der Waals surface area contributed by atoms with E-state index in [4.69, 9.17) is 21.3 Å². The minimum Gasteiger partial charge on any atom is -0.497 e. The van der Waals surface area contributed by atoms with Crippen LogP contribution in [0.2, 0.25) is 5.02 Å². The number of pyridine rings is 1. The lowest BCUT2D eigenvalue weighted by Crippen LogP contribution is -2.13. The summed E-state index contributed by atoms with van der Waals surface area (Å²) in [4.78, 5) is 18.3. The van der Waals surface area contributed by atoms with Gasteiger partial charge in [-0.25, -0.2) is 4.98 Å². The fourth-order valence-electron chi connectivity index (χ4n) is 3.97. The maximum Gasteiger partial charge on any atom is 0.256 e. The molecule has 0 fully saturated rings. The number of carbonyl (C=O) groups excluding carboxylic acids is 1. The number of nitrogens with one attached hydrogen (secondary N) is 1. The van der Waals surface area contributed by atoms with Crippen LogP contribution in [0.5, 0.6) is 5.75 Å². The minimum atomic E-state index is -0.200. The second kappa shape index (κ2) is 8.68. The van der Waals surface area contributed by atoms with Gasteiger partial charge in [-0.1, -0.05) is 11.6 Å². The molecular weight excluding hydrogens is 549 g/mol. The molecule has 164 valence electrons. The van der Waals surface area contributed by atoms with E-state index in [1.165, 1.54) is 0 Å². The summed E-state index contributed by atoms with van der Waals surface area (Å²) in [5.74, 6) is 0.530. The molecule has 0 bridgehead atoms. The Balaban J connectivity index is 1.66. The molecule has 0 saturated carbocycles. The lowest BCUT2D eigenvalue weighted by atomic mass is 10.0. The van der Waals surface area contributed by atoms with Crippen molar-refractivity contribution in [3.63, 3.8) is 0 Å². The van der Waals surface area contributed by atoms with Crippen molar-refractivity contribution in [2.75, 3.05) is 12.4 Å². The smallest absolute Gasteiger partial charge is 0.256 e. The van der Waals surface area contributed by atoms with Gasteiger partial charge in [0.15, 0.2) is 0 Å². The highest BCUT2D eigenvalue weighted by atomic mass is 127. The number of carbonyl (C=O) groups is 1. The van der Waals surface area contributed by atoms with Crippen LogP contribution >= 0.6 is 34.2 Å². The molecule has 0 atom stereocenters. The van der Waals surface area contributed by atoms with E-state index in [9.17, 15) is 4.79 Å². The maximum absolute atomic E-state index is 13.4. The first kappa shape index (κ1) is 21.7. The average molecular weight is 568 g/mol. The molecule has 5 aromatic rings. The van der Waals surface area contributed by atoms with E-state index in [1.807, 2.05) is 84.5 Å². The largest absolute Gasteiger partial charge is 0.497 e. The van der Waals surface area contributed by atoms with Crippen molar-refractivity contribution in [3.8, 4) is 17.0 Å². The zero-order valence-corrected chi connectivity index (χ0v) is 20.8. The van der Waals surface area contributed by atoms with Crippen LogP contribution in [0.25, 0.3) is 33.1 Å². The number of aryl methyl sites for hydroxylation is 1. The van der Waals surface area contributed by atoms with Crippen LogP contribution in [-0.2, 0) is 7.05 Å². The van der Waals surface area contributed by atoms with Crippen molar-refractivity contribution in [1.82, 2.24) is 9.55 Å². The van der Waals surface area contributed by atoms with Crippen LogP contribution in [-0.4, -0.2) is 22.6 Å². The van der Waals surface area contributed by atoms with Crippen LogP contribution < -0.4 is 10.1 Å². The summed E-state index contributed by atoms with van der Waals surface area (Å²) < 4.78 is 8.28. The molecule has 2 aromatic heterocycles. The van der Waals surface area contributed by atoms with E-state index in [0.717, 1.165) is 42.4 Å². The molecule has 5 nitrogen and oxygen atoms in total. The summed E-state index contributed by atoms with van der Waals surface area (Å²) >= 11 is 8.54. The summed E-state index contributed by atoms with van der Waals surface area (Å²) in [5.41, 5.74) is 4.69. The first-order valence-corrected chi connectivity index (χ1v) is 11.7. The predicted molar refractivity (Wildman–Crippen MR) is 142 cm³/mol. The average Bonchev–Trinajstić information content (AvgIpc) is 3.14. The number of methoxy groups -OCH3 is 1. The second-order valence-corrected chi connectivity index (χ2v) is 9.40. The molecule has 2 heterocycles. The Labute approximate surface area is 209 Å². The molecule has 1 amide bonds. The number of anilines is 1. The number of benzene rings is 3. The molecule has 0 aliphatic rings. The monoisotopic (exact) mass is 567 g/mol. The number of nitrogens with zero attached hydrogens (tertiary/aromatic N) is 2. The minimum absolute atomic E-state index is 0.200. The number of fused-ring (bicyclic) bond motifs is 2. The lowest BCUT2D eigenvalue weighted by Gasteiger charge is -2.11. The normalized spacial score (nSPS) is 11.2. The molecule has 0 aliphatic carbocycles. The fourth-order valence-corrected chi connectivity index (χ4v) is 4.63. The Hall–Kier alpha value is -3.10. The number of amides is 1. The van der Waals surface area contributed by atoms with Gasteiger partial charge >= 0.3 is 0 Å². The van der Waals surface area contributed by atoms with Gasteiger partial charge in [0.05, 0.1) is 23.9 Å². The summed E-state index contributed by atoms with van der Waals surface area (Å²) in [7, 11) is 3.60. The van der Waals surface area contributed by atoms with E-state index < -0.39 is 0 Å². The van der Waals surface area contributed by atoms with Crippen molar-refractivity contribution in [2.24, 2.45) is 7.05 Å².